The van der Waals surface area contributed by atoms with Crippen LogP contribution in [0.4, 0.5) is 0 Å². The summed E-state index contributed by atoms with van der Waals surface area (Å²) in [6, 6.07) is 4.98. The summed E-state index contributed by atoms with van der Waals surface area (Å²) < 4.78 is 5.43. The number of benzene rings is 1. The molecule has 1 saturated carbocycles. The Balaban J connectivity index is 2.26. The number of hydrogen-bond acceptors (Lipinski definition) is 2. The first-order valence-electron chi connectivity index (χ1n) is 7.93. The van der Waals surface area contributed by atoms with Gasteiger partial charge in [0.1, 0.15) is 5.75 Å². The van der Waals surface area contributed by atoms with Crippen molar-refractivity contribution in [1.29, 1.82) is 0 Å². The summed E-state index contributed by atoms with van der Waals surface area (Å²) in [7, 11) is 3.85. The third-order valence-electron chi connectivity index (χ3n) is 5.06. The van der Waals surface area contributed by atoms with Gasteiger partial charge in [-0.25, -0.2) is 0 Å². The molecule has 0 spiro atoms. The van der Waals surface area contributed by atoms with Gasteiger partial charge < -0.3 is 10.1 Å². The molecule has 1 aromatic rings. The third kappa shape index (κ3) is 3.01. The van der Waals surface area contributed by atoms with Gasteiger partial charge in [0.05, 0.1) is 7.11 Å². The summed E-state index contributed by atoms with van der Waals surface area (Å²) >= 11 is 0. The van der Waals surface area contributed by atoms with E-state index in [1.165, 1.54) is 42.4 Å². The molecule has 1 N–H and O–H groups in total. The molecule has 1 aliphatic rings. The van der Waals surface area contributed by atoms with E-state index in [0.29, 0.717) is 6.04 Å². The van der Waals surface area contributed by atoms with Crippen LogP contribution < -0.4 is 10.1 Å². The van der Waals surface area contributed by atoms with Gasteiger partial charge >= 0.3 is 0 Å². The number of rotatable bonds is 5. The lowest BCUT2D eigenvalue weighted by molar-refractivity contribution is 0.370. The number of aryl methyl sites for hydroxylation is 2. The van der Waals surface area contributed by atoms with Gasteiger partial charge in [-0.2, -0.15) is 0 Å². The predicted molar refractivity (Wildman–Crippen MR) is 85.4 cm³/mol. The number of nitrogens with one attached hydrogen (secondary N) is 1. The highest BCUT2D eigenvalue weighted by atomic mass is 16.5. The zero-order valence-electron chi connectivity index (χ0n) is 13.6. The van der Waals surface area contributed by atoms with E-state index in [9.17, 15) is 0 Å². The Hall–Kier alpha value is -1.02. The second-order valence-corrected chi connectivity index (χ2v) is 6.29. The first-order valence-corrected chi connectivity index (χ1v) is 7.93. The van der Waals surface area contributed by atoms with Crippen LogP contribution in [0.15, 0.2) is 12.1 Å². The van der Waals surface area contributed by atoms with E-state index in [2.05, 4.69) is 45.3 Å². The molecule has 2 heteroatoms. The predicted octanol–water partition coefficient (Wildman–Crippen LogP) is 4.40. The number of methoxy groups -OCH3 is 1. The molecule has 2 nitrogen and oxygen atoms in total. The van der Waals surface area contributed by atoms with Crippen LogP contribution in [0.1, 0.15) is 55.3 Å². The number of ether oxygens (including phenoxy) is 1. The van der Waals surface area contributed by atoms with Crippen molar-refractivity contribution in [3.63, 3.8) is 0 Å². The Kier molecular flexibility index (Phi) is 5.09. The van der Waals surface area contributed by atoms with Gasteiger partial charge in [0.25, 0.3) is 0 Å². The molecule has 3 atom stereocenters. The number of hydrogen-bond donors (Lipinski definition) is 1. The van der Waals surface area contributed by atoms with Crippen LogP contribution >= 0.6 is 0 Å². The van der Waals surface area contributed by atoms with Crippen molar-refractivity contribution in [3.05, 3.63) is 28.8 Å². The molecular weight excluding hydrogens is 246 g/mol. The topological polar surface area (TPSA) is 21.3 Å². The summed E-state index contributed by atoms with van der Waals surface area (Å²) in [5.41, 5.74) is 4.03. The van der Waals surface area contributed by atoms with Gasteiger partial charge in [0.2, 0.25) is 0 Å². The minimum atomic E-state index is 0.483. The summed E-state index contributed by atoms with van der Waals surface area (Å²) in [5, 5.41) is 3.57. The van der Waals surface area contributed by atoms with Crippen molar-refractivity contribution in [1.82, 2.24) is 5.32 Å². The van der Waals surface area contributed by atoms with Gasteiger partial charge in [-0.1, -0.05) is 25.8 Å². The van der Waals surface area contributed by atoms with E-state index in [4.69, 9.17) is 4.74 Å². The van der Waals surface area contributed by atoms with E-state index in [0.717, 1.165) is 17.6 Å². The van der Waals surface area contributed by atoms with Gasteiger partial charge in [0.15, 0.2) is 0 Å². The van der Waals surface area contributed by atoms with E-state index < -0.39 is 0 Å². The van der Waals surface area contributed by atoms with Crippen molar-refractivity contribution in [3.8, 4) is 5.75 Å². The second kappa shape index (κ2) is 6.62. The maximum absolute atomic E-state index is 5.43. The maximum Gasteiger partial charge on any atom is 0.122 e. The van der Waals surface area contributed by atoms with Crippen molar-refractivity contribution < 1.29 is 4.74 Å². The smallest absolute Gasteiger partial charge is 0.122 e. The minimum Gasteiger partial charge on any atom is -0.496 e. The molecule has 2 rings (SSSR count). The molecule has 1 fully saturated rings. The molecule has 0 radical (unpaired) electrons. The SMILES string of the molecule is CCC1CCC(C(NC)c2cc(C)c(OC)cc2C)C1. The van der Waals surface area contributed by atoms with Gasteiger partial charge in [-0.3, -0.25) is 0 Å². The Labute approximate surface area is 123 Å². The van der Waals surface area contributed by atoms with Gasteiger partial charge in [-0.15, -0.1) is 0 Å². The molecule has 1 aliphatic carbocycles. The highest BCUT2D eigenvalue weighted by molar-refractivity contribution is 5.43. The molecule has 0 bridgehead atoms. The molecule has 0 aliphatic heterocycles. The summed E-state index contributed by atoms with van der Waals surface area (Å²) in [6.45, 7) is 6.66. The lowest BCUT2D eigenvalue weighted by Gasteiger charge is -2.26. The third-order valence-corrected chi connectivity index (χ3v) is 5.06. The molecular formula is C18H29NO. The molecule has 1 aromatic carbocycles. The van der Waals surface area contributed by atoms with Gasteiger partial charge in [0, 0.05) is 6.04 Å². The fourth-order valence-electron chi connectivity index (χ4n) is 3.80. The van der Waals surface area contributed by atoms with Crippen LogP contribution in [0.3, 0.4) is 0 Å². The molecule has 3 unspecified atom stereocenters. The molecule has 0 heterocycles. The molecule has 0 saturated heterocycles. The molecule has 112 valence electrons. The fourth-order valence-corrected chi connectivity index (χ4v) is 3.80. The molecule has 20 heavy (non-hydrogen) atoms. The van der Waals surface area contributed by atoms with E-state index in [1.807, 2.05) is 0 Å². The Morgan fingerprint density at radius 3 is 2.55 bits per heavy atom. The lowest BCUT2D eigenvalue weighted by Crippen LogP contribution is -2.25. The van der Waals surface area contributed by atoms with E-state index in [-0.39, 0.29) is 0 Å². The zero-order chi connectivity index (χ0) is 14.7. The first-order chi connectivity index (χ1) is 9.60. The quantitative estimate of drug-likeness (QED) is 0.860. The van der Waals surface area contributed by atoms with Crippen LogP contribution in [0.25, 0.3) is 0 Å². The van der Waals surface area contributed by atoms with E-state index in [1.54, 1.807) is 7.11 Å². The van der Waals surface area contributed by atoms with Crippen LogP contribution in [0.2, 0.25) is 0 Å². The van der Waals surface area contributed by atoms with Crippen molar-refractivity contribution in [2.75, 3.05) is 14.2 Å². The van der Waals surface area contributed by atoms with E-state index >= 15 is 0 Å². The largest absolute Gasteiger partial charge is 0.496 e. The average molecular weight is 275 g/mol. The highest BCUT2D eigenvalue weighted by Gasteiger charge is 2.31. The highest BCUT2D eigenvalue weighted by Crippen LogP contribution is 2.41. The lowest BCUT2D eigenvalue weighted by atomic mass is 9.87. The summed E-state index contributed by atoms with van der Waals surface area (Å²) in [6.07, 6.45) is 5.45. The fraction of sp³-hybridized carbons (Fsp3) is 0.667. The Morgan fingerprint density at radius 1 is 1.25 bits per heavy atom. The Morgan fingerprint density at radius 2 is 2.00 bits per heavy atom. The zero-order valence-corrected chi connectivity index (χ0v) is 13.6. The van der Waals surface area contributed by atoms with Crippen LogP contribution in [0, 0.1) is 25.7 Å². The van der Waals surface area contributed by atoms with Crippen molar-refractivity contribution in [2.45, 2.75) is 52.5 Å². The van der Waals surface area contributed by atoms with Crippen LogP contribution in [-0.2, 0) is 0 Å². The Bertz CT molecular complexity index is 455. The second-order valence-electron chi connectivity index (χ2n) is 6.29. The first kappa shape index (κ1) is 15.4. The van der Waals surface area contributed by atoms with Crippen LogP contribution in [-0.4, -0.2) is 14.2 Å². The summed E-state index contributed by atoms with van der Waals surface area (Å²) in [4.78, 5) is 0. The monoisotopic (exact) mass is 275 g/mol. The normalized spacial score (nSPS) is 23.9. The van der Waals surface area contributed by atoms with Crippen LogP contribution in [0.5, 0.6) is 5.75 Å². The standard InChI is InChI=1S/C18H29NO/c1-6-14-7-8-15(11-14)18(19-4)16-9-13(3)17(20-5)10-12(16)2/h9-10,14-15,18-19H,6-8,11H2,1-5H3. The average Bonchev–Trinajstić information content (AvgIpc) is 2.91. The van der Waals surface area contributed by atoms with Gasteiger partial charge in [-0.05, 0) is 68.3 Å². The molecule has 0 aromatic heterocycles. The summed E-state index contributed by atoms with van der Waals surface area (Å²) in [5.74, 6) is 2.70. The van der Waals surface area contributed by atoms with Crippen molar-refractivity contribution in [2.24, 2.45) is 11.8 Å². The minimum absolute atomic E-state index is 0.483. The molecule has 0 amide bonds. The van der Waals surface area contributed by atoms with Crippen molar-refractivity contribution >= 4 is 0 Å². The maximum atomic E-state index is 5.43.